The van der Waals surface area contributed by atoms with Gasteiger partial charge >= 0.3 is 5.22 Å². The molecule has 1 amide bonds. The van der Waals surface area contributed by atoms with Crippen LogP contribution in [-0.4, -0.2) is 43.9 Å². The van der Waals surface area contributed by atoms with Gasteiger partial charge < -0.3 is 14.5 Å². The number of benzene rings is 2. The summed E-state index contributed by atoms with van der Waals surface area (Å²) in [6.07, 6.45) is 0.999. The van der Waals surface area contributed by atoms with E-state index >= 15 is 0 Å². The first-order valence-corrected chi connectivity index (χ1v) is 10.3. The first-order chi connectivity index (χ1) is 13.3. The Hall–Kier alpha value is -3.20. The summed E-state index contributed by atoms with van der Waals surface area (Å²) in [5, 5.41) is 9.61. The van der Waals surface area contributed by atoms with E-state index in [2.05, 4.69) is 15.5 Å². The van der Waals surface area contributed by atoms with Crippen LogP contribution in [0, 0.1) is 6.92 Å². The Morgan fingerprint density at radius 3 is 2.36 bits per heavy atom. The van der Waals surface area contributed by atoms with Gasteiger partial charge in [-0.05, 0) is 43.3 Å². The molecule has 0 aliphatic carbocycles. The maximum atomic E-state index is 12.0. The lowest BCUT2D eigenvalue weighted by molar-refractivity contribution is 0.0947. The smallest absolute Gasteiger partial charge is 0.335 e. The van der Waals surface area contributed by atoms with Gasteiger partial charge in [-0.1, -0.05) is 22.8 Å². The topological polar surface area (TPSA) is 111 Å². The molecular formula is C19H19N3O5S. The number of hydrogen-bond donors (Lipinski definition) is 1. The number of aromatic nitrogens is 2. The highest BCUT2D eigenvalue weighted by atomic mass is 32.2. The van der Waals surface area contributed by atoms with Crippen LogP contribution in [0.2, 0.25) is 0 Å². The Labute approximate surface area is 162 Å². The van der Waals surface area contributed by atoms with Gasteiger partial charge in [0, 0.05) is 17.4 Å². The number of carbonyl (C=O) groups is 1. The lowest BCUT2D eigenvalue weighted by Crippen LogP contribution is -2.28. The molecule has 0 aliphatic heterocycles. The van der Waals surface area contributed by atoms with Crippen LogP contribution in [0.1, 0.15) is 15.9 Å². The van der Waals surface area contributed by atoms with Gasteiger partial charge in [0.25, 0.3) is 5.91 Å². The number of carbonyl (C=O) groups excluding carboxylic acids is 1. The van der Waals surface area contributed by atoms with Gasteiger partial charge in [-0.2, -0.15) is 0 Å². The van der Waals surface area contributed by atoms with Crippen molar-refractivity contribution in [2.45, 2.75) is 12.1 Å². The summed E-state index contributed by atoms with van der Waals surface area (Å²) >= 11 is 0. The second-order valence-corrected chi connectivity index (χ2v) is 8.03. The number of hydrogen-bond acceptors (Lipinski definition) is 7. The van der Waals surface area contributed by atoms with Crippen LogP contribution in [0.15, 0.2) is 58.2 Å². The third kappa shape index (κ3) is 4.95. The lowest BCUT2D eigenvalue weighted by atomic mass is 10.1. The van der Waals surface area contributed by atoms with Crippen molar-refractivity contribution >= 4 is 15.7 Å². The molecule has 146 valence electrons. The monoisotopic (exact) mass is 401 g/mol. The fourth-order valence-electron chi connectivity index (χ4n) is 2.31. The largest absolute Gasteiger partial charge is 0.492 e. The zero-order valence-corrected chi connectivity index (χ0v) is 16.2. The minimum Gasteiger partial charge on any atom is -0.492 e. The quantitative estimate of drug-likeness (QED) is 0.604. The Balaban J connectivity index is 1.50. The maximum absolute atomic E-state index is 12.0. The molecule has 9 heteroatoms. The van der Waals surface area contributed by atoms with Crippen LogP contribution in [0.25, 0.3) is 11.5 Å². The number of aryl methyl sites for hydroxylation is 1. The highest BCUT2D eigenvalue weighted by Gasteiger charge is 2.17. The van der Waals surface area contributed by atoms with Gasteiger partial charge in [0.2, 0.25) is 15.7 Å². The first-order valence-electron chi connectivity index (χ1n) is 8.44. The Bertz CT molecular complexity index is 1060. The Morgan fingerprint density at radius 2 is 1.75 bits per heavy atom. The van der Waals surface area contributed by atoms with E-state index in [4.69, 9.17) is 9.15 Å². The fourth-order valence-corrected chi connectivity index (χ4v) is 2.73. The van der Waals surface area contributed by atoms with E-state index in [-0.39, 0.29) is 11.8 Å². The minimum absolute atomic E-state index is 0.109. The average Bonchev–Trinajstić information content (AvgIpc) is 3.17. The third-order valence-corrected chi connectivity index (χ3v) is 4.59. The predicted molar refractivity (Wildman–Crippen MR) is 102 cm³/mol. The molecule has 0 bridgehead atoms. The number of sulfone groups is 1. The fraction of sp³-hybridized carbons (Fsp3) is 0.211. The Morgan fingerprint density at radius 1 is 1.07 bits per heavy atom. The van der Waals surface area contributed by atoms with Crippen LogP contribution in [-0.2, 0) is 9.84 Å². The highest BCUT2D eigenvalue weighted by molar-refractivity contribution is 7.90. The van der Waals surface area contributed by atoms with Crippen LogP contribution in [0.4, 0.5) is 0 Å². The molecule has 0 aliphatic rings. The van der Waals surface area contributed by atoms with Gasteiger partial charge in [-0.15, -0.1) is 5.10 Å². The van der Waals surface area contributed by atoms with Crippen molar-refractivity contribution in [2.24, 2.45) is 0 Å². The van der Waals surface area contributed by atoms with Gasteiger partial charge in [0.15, 0.2) is 0 Å². The summed E-state index contributed by atoms with van der Waals surface area (Å²) in [5.74, 6) is 0.547. The van der Waals surface area contributed by atoms with Gasteiger partial charge in [-0.3, -0.25) is 4.79 Å². The van der Waals surface area contributed by atoms with E-state index in [0.717, 1.165) is 11.8 Å². The van der Waals surface area contributed by atoms with Crippen molar-refractivity contribution in [1.82, 2.24) is 15.5 Å². The van der Waals surface area contributed by atoms with Gasteiger partial charge in [0.05, 0.1) is 6.54 Å². The maximum Gasteiger partial charge on any atom is 0.335 e. The van der Waals surface area contributed by atoms with Gasteiger partial charge in [0.1, 0.15) is 12.4 Å². The molecule has 2 aromatic carbocycles. The van der Waals surface area contributed by atoms with E-state index in [0.29, 0.717) is 30.0 Å². The number of rotatable bonds is 7. The van der Waals surface area contributed by atoms with Crippen molar-refractivity contribution < 1.29 is 22.4 Å². The van der Waals surface area contributed by atoms with E-state index < -0.39 is 15.1 Å². The SMILES string of the molecule is Cc1ccc(C(=O)NCCOc2ccc(-c3nnc(S(C)(=O)=O)o3)cc2)cc1. The molecule has 0 saturated carbocycles. The predicted octanol–water partition coefficient (Wildman–Crippen LogP) is 2.26. The van der Waals surface area contributed by atoms with Crippen molar-refractivity contribution in [1.29, 1.82) is 0 Å². The van der Waals surface area contributed by atoms with Crippen molar-refractivity contribution in [3.63, 3.8) is 0 Å². The summed E-state index contributed by atoms with van der Waals surface area (Å²) in [6, 6.07) is 14.1. The van der Waals surface area contributed by atoms with Crippen LogP contribution in [0.3, 0.4) is 0 Å². The summed E-state index contributed by atoms with van der Waals surface area (Å²) in [4.78, 5) is 12.0. The number of amides is 1. The summed E-state index contributed by atoms with van der Waals surface area (Å²) in [5.41, 5.74) is 2.27. The summed E-state index contributed by atoms with van der Waals surface area (Å²) in [7, 11) is -3.54. The van der Waals surface area contributed by atoms with Crippen molar-refractivity contribution in [3.05, 3.63) is 59.7 Å². The third-order valence-electron chi connectivity index (χ3n) is 3.80. The molecule has 28 heavy (non-hydrogen) atoms. The van der Waals surface area contributed by atoms with Crippen molar-refractivity contribution in [3.8, 4) is 17.2 Å². The number of nitrogens with one attached hydrogen (secondary N) is 1. The second kappa shape index (κ2) is 8.22. The van der Waals surface area contributed by atoms with Crippen LogP contribution < -0.4 is 10.1 Å². The molecule has 0 unspecified atom stereocenters. The molecule has 1 heterocycles. The number of ether oxygens (including phenoxy) is 1. The molecular weight excluding hydrogens is 382 g/mol. The molecule has 0 saturated heterocycles. The Kier molecular flexibility index (Phi) is 5.74. The van der Waals surface area contributed by atoms with Crippen molar-refractivity contribution in [2.75, 3.05) is 19.4 Å². The zero-order valence-electron chi connectivity index (χ0n) is 15.4. The molecule has 0 fully saturated rings. The van der Waals surface area contributed by atoms with E-state index in [9.17, 15) is 13.2 Å². The van der Waals surface area contributed by atoms with Crippen LogP contribution >= 0.6 is 0 Å². The zero-order chi connectivity index (χ0) is 20.1. The number of nitrogens with zero attached hydrogens (tertiary/aromatic N) is 2. The molecule has 3 aromatic rings. The first kappa shape index (κ1) is 19.6. The second-order valence-electron chi connectivity index (χ2n) is 6.14. The minimum atomic E-state index is -3.54. The van der Waals surface area contributed by atoms with E-state index in [1.807, 2.05) is 19.1 Å². The molecule has 1 aromatic heterocycles. The molecule has 1 N–H and O–H groups in total. The van der Waals surface area contributed by atoms with E-state index in [1.54, 1.807) is 36.4 Å². The molecule has 3 rings (SSSR count). The molecule has 0 radical (unpaired) electrons. The van der Waals surface area contributed by atoms with Crippen LogP contribution in [0.5, 0.6) is 5.75 Å². The highest BCUT2D eigenvalue weighted by Crippen LogP contribution is 2.22. The lowest BCUT2D eigenvalue weighted by Gasteiger charge is -2.08. The summed E-state index contributed by atoms with van der Waals surface area (Å²) in [6.45, 7) is 2.62. The molecule has 8 nitrogen and oxygen atoms in total. The summed E-state index contributed by atoms with van der Waals surface area (Å²) < 4.78 is 33.5. The molecule has 0 atom stereocenters. The molecule has 0 spiro atoms. The normalized spacial score (nSPS) is 11.2. The standard InChI is InChI=1S/C19H19N3O5S/c1-13-3-5-14(6-4-13)17(23)20-11-12-26-16-9-7-15(8-10-16)18-21-22-19(27-18)28(2,24)25/h3-10H,11-12H2,1-2H3,(H,20,23). The van der Waals surface area contributed by atoms with Gasteiger partial charge in [-0.25, -0.2) is 8.42 Å². The van der Waals surface area contributed by atoms with E-state index in [1.165, 1.54) is 0 Å². The average molecular weight is 401 g/mol.